The Morgan fingerprint density at radius 1 is 1.29 bits per heavy atom. The van der Waals surface area contributed by atoms with E-state index in [4.69, 9.17) is 19.3 Å². The molecule has 0 saturated carbocycles. The van der Waals surface area contributed by atoms with E-state index in [9.17, 15) is 9.59 Å². The molecule has 0 amide bonds. The predicted octanol–water partition coefficient (Wildman–Crippen LogP) is 2.73. The molecule has 1 aromatic carbocycles. The molecule has 0 fully saturated rings. The standard InChI is InChI=1S/C25H26N4O6/c1-15-12-17(26-8-9-30)5-6-19(15)29-24-21(25(32)34-11-10-33-2)22(31)20(35-24)13-16-14-28-23-18(16)4-3-7-27-23/h3-7,12-14,26,29-30H,8-11H2,1-2H3,(H,27,28)/b20-13-. The Morgan fingerprint density at radius 3 is 2.91 bits per heavy atom. The normalized spacial score (nSPS) is 14.5. The van der Waals surface area contributed by atoms with Crippen LogP contribution in [0.5, 0.6) is 0 Å². The second kappa shape index (κ2) is 10.9. The number of hydrogen-bond donors (Lipinski definition) is 4. The first-order valence-corrected chi connectivity index (χ1v) is 11.0. The minimum Gasteiger partial charge on any atom is -0.459 e. The van der Waals surface area contributed by atoms with E-state index >= 15 is 0 Å². The van der Waals surface area contributed by atoms with Crippen LogP contribution in [0.1, 0.15) is 11.1 Å². The van der Waals surface area contributed by atoms with Gasteiger partial charge < -0.3 is 34.9 Å². The molecular formula is C25H26N4O6. The molecule has 0 atom stereocenters. The maximum absolute atomic E-state index is 13.2. The molecule has 2 aromatic heterocycles. The quantitative estimate of drug-likeness (QED) is 0.150. The number of aryl methyl sites for hydroxylation is 1. The number of nitrogens with zero attached hydrogens (tertiary/aromatic N) is 1. The van der Waals surface area contributed by atoms with Crippen LogP contribution in [0.15, 0.2) is 59.9 Å². The molecule has 0 bridgehead atoms. The largest absolute Gasteiger partial charge is 0.459 e. The predicted molar refractivity (Wildman–Crippen MR) is 130 cm³/mol. The number of esters is 1. The van der Waals surface area contributed by atoms with Crippen molar-refractivity contribution in [2.45, 2.75) is 6.92 Å². The number of ether oxygens (including phenoxy) is 3. The Kier molecular flexibility index (Phi) is 7.44. The number of rotatable bonds is 10. The highest BCUT2D eigenvalue weighted by molar-refractivity contribution is 6.26. The number of anilines is 2. The number of nitrogens with one attached hydrogen (secondary N) is 3. The zero-order valence-electron chi connectivity index (χ0n) is 19.4. The Bertz CT molecular complexity index is 1310. The van der Waals surface area contributed by atoms with E-state index in [1.807, 2.05) is 25.1 Å². The van der Waals surface area contributed by atoms with Gasteiger partial charge in [0.1, 0.15) is 12.3 Å². The maximum Gasteiger partial charge on any atom is 0.347 e. The highest BCUT2D eigenvalue weighted by Crippen LogP contribution is 2.31. The number of methoxy groups -OCH3 is 1. The van der Waals surface area contributed by atoms with Crippen molar-refractivity contribution < 1.29 is 28.9 Å². The lowest BCUT2D eigenvalue weighted by Gasteiger charge is -2.13. The molecule has 3 heterocycles. The van der Waals surface area contributed by atoms with Gasteiger partial charge in [0.2, 0.25) is 11.7 Å². The molecular weight excluding hydrogens is 452 g/mol. The van der Waals surface area contributed by atoms with Crippen LogP contribution in [0.4, 0.5) is 11.4 Å². The highest BCUT2D eigenvalue weighted by atomic mass is 16.6. The first-order valence-electron chi connectivity index (χ1n) is 11.0. The molecule has 4 rings (SSSR count). The van der Waals surface area contributed by atoms with Crippen LogP contribution in [0.2, 0.25) is 0 Å². The van der Waals surface area contributed by atoms with Crippen molar-refractivity contribution in [1.82, 2.24) is 9.97 Å². The fourth-order valence-corrected chi connectivity index (χ4v) is 3.57. The summed E-state index contributed by atoms with van der Waals surface area (Å²) in [4.78, 5) is 33.3. The Hall–Kier alpha value is -4.15. The summed E-state index contributed by atoms with van der Waals surface area (Å²) < 4.78 is 16.0. The van der Waals surface area contributed by atoms with E-state index in [0.29, 0.717) is 23.4 Å². The Balaban J connectivity index is 1.64. The van der Waals surface area contributed by atoms with Crippen molar-refractivity contribution in [3.63, 3.8) is 0 Å². The number of carbonyl (C=O) groups excluding carboxylic acids is 2. The molecule has 0 saturated heterocycles. The van der Waals surface area contributed by atoms with Crippen LogP contribution in [0.3, 0.4) is 0 Å². The number of aromatic nitrogens is 2. The lowest BCUT2D eigenvalue weighted by atomic mass is 10.1. The van der Waals surface area contributed by atoms with Gasteiger partial charge >= 0.3 is 5.97 Å². The molecule has 0 unspecified atom stereocenters. The van der Waals surface area contributed by atoms with E-state index < -0.39 is 11.8 Å². The van der Waals surface area contributed by atoms with Crippen LogP contribution in [-0.2, 0) is 23.8 Å². The van der Waals surface area contributed by atoms with Crippen LogP contribution in [0, 0.1) is 6.92 Å². The number of ketones is 1. The number of pyridine rings is 1. The second-order valence-corrected chi connectivity index (χ2v) is 7.72. The smallest absolute Gasteiger partial charge is 0.347 e. The summed E-state index contributed by atoms with van der Waals surface area (Å²) in [6.45, 7) is 2.50. The van der Waals surface area contributed by atoms with Crippen molar-refractivity contribution in [2.75, 3.05) is 44.1 Å². The van der Waals surface area contributed by atoms with Gasteiger partial charge in [-0.2, -0.15) is 0 Å². The molecule has 182 valence electrons. The number of benzene rings is 1. The molecule has 0 aliphatic carbocycles. The minimum atomic E-state index is -0.808. The minimum absolute atomic E-state index is 0.00316. The van der Waals surface area contributed by atoms with Crippen molar-refractivity contribution in [3.05, 3.63) is 71.1 Å². The van der Waals surface area contributed by atoms with Crippen LogP contribution in [-0.4, -0.2) is 60.3 Å². The average molecular weight is 479 g/mol. The zero-order chi connectivity index (χ0) is 24.8. The molecule has 10 heteroatoms. The van der Waals surface area contributed by atoms with E-state index in [-0.39, 0.29) is 37.0 Å². The first-order chi connectivity index (χ1) is 17.0. The van der Waals surface area contributed by atoms with Gasteiger partial charge in [-0.15, -0.1) is 0 Å². The molecule has 0 spiro atoms. The summed E-state index contributed by atoms with van der Waals surface area (Å²) in [6.07, 6.45) is 4.94. The molecule has 3 aromatic rings. The number of H-pyrrole nitrogens is 1. The molecule has 0 radical (unpaired) electrons. The van der Waals surface area contributed by atoms with Gasteiger partial charge in [0.05, 0.1) is 13.2 Å². The lowest BCUT2D eigenvalue weighted by molar-refractivity contribution is -0.141. The van der Waals surface area contributed by atoms with Gasteiger partial charge in [-0.1, -0.05) is 0 Å². The number of aliphatic hydroxyl groups excluding tert-OH is 1. The maximum atomic E-state index is 13.2. The van der Waals surface area contributed by atoms with E-state index in [1.54, 1.807) is 30.6 Å². The fraction of sp³-hybridized carbons (Fsp3) is 0.240. The third-order valence-corrected chi connectivity index (χ3v) is 5.30. The number of Topliss-reactive ketones (excluding diaryl/α,β-unsaturated/α-hetero) is 1. The van der Waals surface area contributed by atoms with Crippen molar-refractivity contribution in [1.29, 1.82) is 0 Å². The van der Waals surface area contributed by atoms with Crippen LogP contribution in [0.25, 0.3) is 17.1 Å². The van der Waals surface area contributed by atoms with Crippen molar-refractivity contribution >= 4 is 40.2 Å². The molecule has 35 heavy (non-hydrogen) atoms. The van der Waals surface area contributed by atoms with Crippen molar-refractivity contribution in [2.24, 2.45) is 0 Å². The van der Waals surface area contributed by atoms with Crippen LogP contribution < -0.4 is 10.6 Å². The van der Waals surface area contributed by atoms with Gasteiger partial charge in [0.25, 0.3) is 0 Å². The molecule has 1 aliphatic heterocycles. The topological polar surface area (TPSA) is 135 Å². The van der Waals surface area contributed by atoms with E-state index in [1.165, 1.54) is 7.11 Å². The van der Waals surface area contributed by atoms with Gasteiger partial charge in [-0.25, -0.2) is 9.78 Å². The number of hydrogen-bond acceptors (Lipinski definition) is 9. The number of allylic oxidation sites excluding steroid dienone is 1. The van der Waals surface area contributed by atoms with E-state index in [0.717, 1.165) is 16.6 Å². The summed E-state index contributed by atoms with van der Waals surface area (Å²) in [5.74, 6) is -1.43. The molecule has 1 aliphatic rings. The number of fused-ring (bicyclic) bond motifs is 1. The zero-order valence-corrected chi connectivity index (χ0v) is 19.4. The monoisotopic (exact) mass is 478 g/mol. The van der Waals surface area contributed by atoms with Gasteiger partial charge in [-0.3, -0.25) is 4.79 Å². The third kappa shape index (κ3) is 5.34. The first kappa shape index (κ1) is 24.0. The number of carbonyl (C=O) groups is 2. The number of aliphatic hydroxyl groups is 1. The summed E-state index contributed by atoms with van der Waals surface area (Å²) in [5, 5.41) is 16.0. The summed E-state index contributed by atoms with van der Waals surface area (Å²) >= 11 is 0. The molecule has 10 nitrogen and oxygen atoms in total. The van der Waals surface area contributed by atoms with Gasteiger partial charge in [0, 0.05) is 48.4 Å². The van der Waals surface area contributed by atoms with Crippen molar-refractivity contribution in [3.8, 4) is 0 Å². The third-order valence-electron chi connectivity index (χ3n) is 5.30. The second-order valence-electron chi connectivity index (χ2n) is 7.72. The van der Waals surface area contributed by atoms with Gasteiger partial charge in [0.15, 0.2) is 11.3 Å². The summed E-state index contributed by atoms with van der Waals surface area (Å²) in [6, 6.07) is 9.14. The number of aromatic amines is 1. The highest BCUT2D eigenvalue weighted by Gasteiger charge is 2.37. The lowest BCUT2D eigenvalue weighted by Crippen LogP contribution is -2.18. The Morgan fingerprint density at radius 2 is 2.14 bits per heavy atom. The SMILES string of the molecule is COCCOC(=O)C1=C(Nc2ccc(NCCO)cc2C)O/C(=C\c2c[nH]c3ncccc23)C1=O. The molecule has 4 N–H and O–H groups in total. The fourth-order valence-electron chi connectivity index (χ4n) is 3.57. The van der Waals surface area contributed by atoms with Gasteiger partial charge in [-0.05, 0) is 48.9 Å². The van der Waals surface area contributed by atoms with Crippen LogP contribution >= 0.6 is 0 Å². The Labute approximate surface area is 201 Å². The average Bonchev–Trinajstić information content (AvgIpc) is 3.40. The summed E-state index contributed by atoms with van der Waals surface area (Å²) in [7, 11) is 1.49. The summed E-state index contributed by atoms with van der Waals surface area (Å²) in [5.41, 5.74) is 3.44. The van der Waals surface area contributed by atoms with E-state index in [2.05, 4.69) is 20.6 Å².